The number of rotatable bonds is 4. The molecule has 6 nitrogen and oxygen atoms in total. The first-order valence-corrected chi connectivity index (χ1v) is 7.22. The van der Waals surface area contributed by atoms with E-state index in [0.717, 1.165) is 25.7 Å². The number of nitrogens with two attached hydrogens (primary N) is 1. The Labute approximate surface area is 123 Å². The van der Waals surface area contributed by atoms with E-state index in [1.54, 1.807) is 24.3 Å². The summed E-state index contributed by atoms with van der Waals surface area (Å²) in [5.74, 6) is -1.07. The number of aliphatic carboxylic acids is 1. The fourth-order valence-corrected chi connectivity index (χ4v) is 2.63. The van der Waals surface area contributed by atoms with Crippen molar-refractivity contribution in [3.05, 3.63) is 24.3 Å². The van der Waals surface area contributed by atoms with Crippen molar-refractivity contribution in [2.24, 2.45) is 0 Å². The highest BCUT2D eigenvalue weighted by atomic mass is 16.4. The van der Waals surface area contributed by atoms with Crippen LogP contribution in [0.15, 0.2) is 24.3 Å². The molecule has 0 saturated heterocycles. The quantitative estimate of drug-likeness (QED) is 0.741. The zero-order chi connectivity index (χ0) is 15.2. The third-order valence-electron chi connectivity index (χ3n) is 3.70. The summed E-state index contributed by atoms with van der Waals surface area (Å²) >= 11 is 0. The van der Waals surface area contributed by atoms with Crippen molar-refractivity contribution in [1.29, 1.82) is 0 Å². The maximum atomic E-state index is 12.4. The van der Waals surface area contributed by atoms with E-state index in [1.165, 1.54) is 11.3 Å². The number of amides is 2. The number of carboxylic acid groups (broad SMARTS) is 1. The van der Waals surface area contributed by atoms with Crippen molar-refractivity contribution in [1.82, 2.24) is 5.32 Å². The maximum Gasteiger partial charge on any atom is 0.323 e. The lowest BCUT2D eigenvalue weighted by molar-refractivity contribution is -0.135. The molecule has 114 valence electrons. The summed E-state index contributed by atoms with van der Waals surface area (Å²) in [4.78, 5) is 24.6. The Bertz CT molecular complexity index is 513. The fraction of sp³-hybridized carbons (Fsp3) is 0.467. The van der Waals surface area contributed by atoms with Gasteiger partial charge in [-0.1, -0.05) is 31.4 Å². The molecule has 0 heterocycles. The number of carboxylic acids is 1. The molecule has 21 heavy (non-hydrogen) atoms. The van der Waals surface area contributed by atoms with Crippen molar-refractivity contribution in [2.45, 2.75) is 38.1 Å². The lowest BCUT2D eigenvalue weighted by Crippen LogP contribution is -2.47. The maximum absolute atomic E-state index is 12.4. The second-order valence-corrected chi connectivity index (χ2v) is 5.32. The SMILES string of the molecule is Nc1ccccc1N(CC(=O)O)C(=O)NC1CCCCC1. The largest absolute Gasteiger partial charge is 0.480 e. The van der Waals surface area contributed by atoms with E-state index < -0.39 is 18.5 Å². The van der Waals surface area contributed by atoms with E-state index in [0.29, 0.717) is 11.4 Å². The number of anilines is 2. The van der Waals surface area contributed by atoms with Crippen LogP contribution >= 0.6 is 0 Å². The van der Waals surface area contributed by atoms with Gasteiger partial charge in [-0.2, -0.15) is 0 Å². The van der Waals surface area contributed by atoms with Gasteiger partial charge in [-0.25, -0.2) is 4.79 Å². The first kappa shape index (κ1) is 15.2. The van der Waals surface area contributed by atoms with Crippen molar-refractivity contribution >= 4 is 23.4 Å². The van der Waals surface area contributed by atoms with Crippen molar-refractivity contribution < 1.29 is 14.7 Å². The molecule has 1 aliphatic rings. The average Bonchev–Trinajstić information content (AvgIpc) is 2.46. The van der Waals surface area contributed by atoms with Gasteiger partial charge in [0.1, 0.15) is 6.54 Å². The molecular formula is C15H21N3O3. The van der Waals surface area contributed by atoms with Gasteiger partial charge < -0.3 is 16.2 Å². The van der Waals surface area contributed by atoms with E-state index in [2.05, 4.69) is 5.32 Å². The Hall–Kier alpha value is -2.24. The minimum Gasteiger partial charge on any atom is -0.480 e. The van der Waals surface area contributed by atoms with E-state index >= 15 is 0 Å². The molecule has 0 atom stereocenters. The van der Waals surface area contributed by atoms with Crippen LogP contribution < -0.4 is 16.0 Å². The Balaban J connectivity index is 2.13. The van der Waals surface area contributed by atoms with E-state index in [4.69, 9.17) is 10.8 Å². The van der Waals surface area contributed by atoms with Crippen LogP contribution in [0.5, 0.6) is 0 Å². The van der Waals surface area contributed by atoms with Crippen LogP contribution in [0.3, 0.4) is 0 Å². The van der Waals surface area contributed by atoms with Crippen LogP contribution in [0.1, 0.15) is 32.1 Å². The number of carbonyl (C=O) groups is 2. The van der Waals surface area contributed by atoms with Crippen molar-refractivity contribution in [3.8, 4) is 0 Å². The first-order chi connectivity index (χ1) is 10.1. The highest BCUT2D eigenvalue weighted by molar-refractivity contribution is 5.99. The smallest absolute Gasteiger partial charge is 0.323 e. The zero-order valence-electron chi connectivity index (χ0n) is 11.9. The predicted octanol–water partition coefficient (Wildman–Crippen LogP) is 2.20. The zero-order valence-corrected chi connectivity index (χ0v) is 11.9. The number of nitrogen functional groups attached to an aromatic ring is 1. The highest BCUT2D eigenvalue weighted by Crippen LogP contribution is 2.23. The van der Waals surface area contributed by atoms with Crippen LogP contribution in [0.2, 0.25) is 0 Å². The molecule has 1 aromatic rings. The lowest BCUT2D eigenvalue weighted by atomic mass is 9.96. The average molecular weight is 291 g/mol. The molecule has 4 N–H and O–H groups in total. The summed E-state index contributed by atoms with van der Waals surface area (Å²) in [5.41, 5.74) is 6.66. The predicted molar refractivity (Wildman–Crippen MR) is 81.2 cm³/mol. The molecule has 2 rings (SSSR count). The standard InChI is InChI=1S/C15H21N3O3/c16-12-8-4-5-9-13(12)18(10-14(19)20)15(21)17-11-6-2-1-3-7-11/h4-5,8-9,11H,1-3,6-7,10,16H2,(H,17,21)(H,19,20). The molecule has 1 aliphatic carbocycles. The number of nitrogens with one attached hydrogen (secondary N) is 1. The van der Waals surface area contributed by atoms with Crippen molar-refractivity contribution in [2.75, 3.05) is 17.2 Å². The number of urea groups is 1. The molecule has 6 heteroatoms. The van der Waals surface area contributed by atoms with Gasteiger partial charge in [0.05, 0.1) is 11.4 Å². The molecule has 1 fully saturated rings. The Kier molecular flexibility index (Phi) is 5.03. The van der Waals surface area contributed by atoms with E-state index in [1.807, 2.05) is 0 Å². The van der Waals surface area contributed by atoms with Gasteiger partial charge in [0.25, 0.3) is 0 Å². The minimum absolute atomic E-state index is 0.118. The normalized spacial score (nSPS) is 15.4. The molecule has 1 saturated carbocycles. The summed E-state index contributed by atoms with van der Waals surface area (Å²) in [6.45, 7) is -0.410. The molecule has 2 amide bonds. The summed E-state index contributed by atoms with van der Waals surface area (Å²) in [7, 11) is 0. The molecule has 0 aliphatic heterocycles. The third-order valence-corrected chi connectivity index (χ3v) is 3.70. The van der Waals surface area contributed by atoms with E-state index in [-0.39, 0.29) is 6.04 Å². The third kappa shape index (κ3) is 4.11. The van der Waals surface area contributed by atoms with Gasteiger partial charge in [-0.3, -0.25) is 9.69 Å². The van der Waals surface area contributed by atoms with Gasteiger partial charge in [0.2, 0.25) is 0 Å². The van der Waals surface area contributed by atoms with Gasteiger partial charge >= 0.3 is 12.0 Å². The van der Waals surface area contributed by atoms with Gasteiger partial charge in [0, 0.05) is 6.04 Å². The molecule has 1 aromatic carbocycles. The van der Waals surface area contributed by atoms with Crippen LogP contribution in [-0.4, -0.2) is 29.7 Å². The fourth-order valence-electron chi connectivity index (χ4n) is 2.63. The molecular weight excluding hydrogens is 270 g/mol. The summed E-state index contributed by atoms with van der Waals surface area (Å²) in [6, 6.07) is 6.50. The van der Waals surface area contributed by atoms with Crippen molar-refractivity contribution in [3.63, 3.8) is 0 Å². The Morgan fingerprint density at radius 2 is 1.90 bits per heavy atom. The summed E-state index contributed by atoms with van der Waals surface area (Å²) < 4.78 is 0. The van der Waals surface area contributed by atoms with Gasteiger partial charge in [-0.15, -0.1) is 0 Å². The topological polar surface area (TPSA) is 95.7 Å². The van der Waals surface area contributed by atoms with Crippen LogP contribution in [0.25, 0.3) is 0 Å². The highest BCUT2D eigenvalue weighted by Gasteiger charge is 2.23. The molecule has 0 unspecified atom stereocenters. The Morgan fingerprint density at radius 1 is 1.24 bits per heavy atom. The second kappa shape index (κ2) is 6.97. The monoisotopic (exact) mass is 291 g/mol. The first-order valence-electron chi connectivity index (χ1n) is 7.22. The number of benzene rings is 1. The molecule has 0 bridgehead atoms. The lowest BCUT2D eigenvalue weighted by Gasteiger charge is -2.28. The van der Waals surface area contributed by atoms with Crippen LogP contribution in [-0.2, 0) is 4.79 Å². The number of para-hydroxylation sites is 2. The van der Waals surface area contributed by atoms with E-state index in [9.17, 15) is 9.59 Å². The number of nitrogens with zero attached hydrogens (tertiary/aromatic N) is 1. The number of hydrogen-bond donors (Lipinski definition) is 3. The number of hydrogen-bond acceptors (Lipinski definition) is 3. The van der Waals surface area contributed by atoms with Crippen LogP contribution in [0, 0.1) is 0 Å². The summed E-state index contributed by atoms with van der Waals surface area (Å²) in [6.07, 6.45) is 5.26. The molecule has 0 spiro atoms. The van der Waals surface area contributed by atoms with Crippen LogP contribution in [0.4, 0.5) is 16.2 Å². The summed E-state index contributed by atoms with van der Waals surface area (Å²) in [5, 5.41) is 11.9. The minimum atomic E-state index is -1.07. The van der Waals surface area contributed by atoms with Gasteiger partial charge in [-0.05, 0) is 25.0 Å². The number of carbonyl (C=O) groups excluding carboxylic acids is 1. The molecule has 0 radical (unpaired) electrons. The molecule has 0 aromatic heterocycles. The second-order valence-electron chi connectivity index (χ2n) is 5.32. The Morgan fingerprint density at radius 3 is 2.52 bits per heavy atom. The van der Waals surface area contributed by atoms with Gasteiger partial charge in [0.15, 0.2) is 0 Å².